The number of carboxylic acids is 1. The lowest BCUT2D eigenvalue weighted by Gasteiger charge is -2.19. The molecular weight excluding hydrogens is 526 g/mol. The Morgan fingerprint density at radius 1 is 0.897 bits per heavy atom. The molecule has 0 fully saturated rings. The maximum atomic E-state index is 11.8. The number of esters is 1. The molecule has 0 aliphatic heterocycles. The topological polar surface area (TPSA) is 137 Å². The van der Waals surface area contributed by atoms with Gasteiger partial charge in [0.25, 0.3) is 0 Å². The average molecular weight is 558 g/mol. The summed E-state index contributed by atoms with van der Waals surface area (Å²) < 4.78 is 20.6. The van der Waals surface area contributed by atoms with Gasteiger partial charge in [-0.1, -0.05) is 6.07 Å². The second kappa shape index (κ2) is 14.5. The van der Waals surface area contributed by atoms with E-state index in [0.29, 0.717) is 33.4 Å². The van der Waals surface area contributed by atoms with Gasteiger partial charge in [-0.05, 0) is 68.6 Å². The molecule has 1 heterocycles. The molecule has 10 nitrogen and oxygen atoms in total. The standard InChI is InChI=1S/C15H19NO5.C13H12O4S/c1-15(2,3)21-14(20)16-11-6-4-10(5-7-11)12(17)8-9-13(18)19;1-15-9-5-6-10(11(8-9)16-2)17-13(14)12-4-3-7-18-12/h4-7H,8-9H2,1-3H3,(H,16,20)(H,18,19);3-8H,1-2H3. The number of carbonyl (C=O) groups excluding carboxylic acids is 3. The van der Waals surface area contributed by atoms with E-state index in [1.807, 2.05) is 5.38 Å². The molecule has 0 unspecified atom stereocenters. The molecule has 0 aliphatic rings. The first kappa shape index (κ1) is 30.8. The lowest BCUT2D eigenvalue weighted by atomic mass is 10.1. The number of hydrogen-bond donors (Lipinski definition) is 2. The van der Waals surface area contributed by atoms with Crippen molar-refractivity contribution in [1.82, 2.24) is 0 Å². The highest BCUT2D eigenvalue weighted by molar-refractivity contribution is 7.12. The highest BCUT2D eigenvalue weighted by Crippen LogP contribution is 2.32. The number of carbonyl (C=O) groups is 4. The van der Waals surface area contributed by atoms with E-state index in [4.69, 9.17) is 24.1 Å². The van der Waals surface area contributed by atoms with Crippen LogP contribution in [0.15, 0.2) is 60.0 Å². The molecule has 0 saturated carbocycles. The summed E-state index contributed by atoms with van der Waals surface area (Å²) in [7, 11) is 3.07. The number of benzene rings is 2. The van der Waals surface area contributed by atoms with E-state index in [9.17, 15) is 19.2 Å². The van der Waals surface area contributed by atoms with E-state index in [2.05, 4.69) is 5.32 Å². The van der Waals surface area contributed by atoms with E-state index < -0.39 is 23.6 Å². The number of rotatable bonds is 9. The van der Waals surface area contributed by atoms with Gasteiger partial charge in [-0.25, -0.2) is 9.59 Å². The second-order valence-corrected chi connectivity index (χ2v) is 9.85. The van der Waals surface area contributed by atoms with Crippen LogP contribution in [0.25, 0.3) is 0 Å². The van der Waals surface area contributed by atoms with Crippen LogP contribution in [-0.2, 0) is 9.53 Å². The number of carboxylic acid groups (broad SMARTS) is 1. The van der Waals surface area contributed by atoms with E-state index in [0.717, 1.165) is 0 Å². The van der Waals surface area contributed by atoms with Gasteiger partial charge in [0.15, 0.2) is 17.3 Å². The van der Waals surface area contributed by atoms with Gasteiger partial charge in [-0.2, -0.15) is 0 Å². The summed E-state index contributed by atoms with van der Waals surface area (Å²) in [6.45, 7) is 5.28. The van der Waals surface area contributed by atoms with Crippen LogP contribution < -0.4 is 19.5 Å². The highest BCUT2D eigenvalue weighted by atomic mass is 32.1. The molecule has 3 aromatic rings. The predicted octanol–water partition coefficient (Wildman–Crippen LogP) is 6.07. The van der Waals surface area contributed by atoms with Crippen LogP contribution in [0.3, 0.4) is 0 Å². The summed E-state index contributed by atoms with van der Waals surface area (Å²) in [6, 6.07) is 14.7. The van der Waals surface area contributed by atoms with Crippen LogP contribution >= 0.6 is 11.3 Å². The van der Waals surface area contributed by atoms with Gasteiger partial charge in [-0.3, -0.25) is 14.9 Å². The SMILES string of the molecule is CC(C)(C)OC(=O)Nc1ccc(C(=O)CCC(=O)O)cc1.COc1ccc(OC(=O)c2cccs2)c(OC)c1. The number of Topliss-reactive ketones (excluding diaryl/α,β-unsaturated/α-hetero) is 1. The fourth-order valence-corrected chi connectivity index (χ4v) is 3.53. The summed E-state index contributed by atoms with van der Waals surface area (Å²) >= 11 is 1.33. The number of nitrogens with one attached hydrogen (secondary N) is 1. The van der Waals surface area contributed by atoms with Gasteiger partial charge in [-0.15, -0.1) is 11.3 Å². The number of amides is 1. The van der Waals surface area contributed by atoms with Crippen LogP contribution in [0, 0.1) is 0 Å². The third kappa shape index (κ3) is 10.9. The maximum absolute atomic E-state index is 11.8. The Morgan fingerprint density at radius 2 is 1.59 bits per heavy atom. The minimum Gasteiger partial charge on any atom is -0.497 e. The third-order valence-corrected chi connectivity index (χ3v) is 5.56. The summed E-state index contributed by atoms with van der Waals surface area (Å²) in [4.78, 5) is 46.0. The number of ketones is 1. The fraction of sp³-hybridized carbons (Fsp3) is 0.286. The van der Waals surface area contributed by atoms with Crippen molar-refractivity contribution in [2.75, 3.05) is 19.5 Å². The summed E-state index contributed by atoms with van der Waals surface area (Å²) in [5.74, 6) is -0.181. The summed E-state index contributed by atoms with van der Waals surface area (Å²) in [5, 5.41) is 12.9. The molecule has 0 aliphatic carbocycles. The minimum atomic E-state index is -1.01. The zero-order valence-electron chi connectivity index (χ0n) is 22.3. The van der Waals surface area contributed by atoms with E-state index >= 15 is 0 Å². The Labute approximate surface area is 230 Å². The number of ether oxygens (including phenoxy) is 4. The Morgan fingerprint density at radius 3 is 2.13 bits per heavy atom. The number of thiophene rings is 1. The second-order valence-electron chi connectivity index (χ2n) is 8.90. The quantitative estimate of drug-likeness (QED) is 0.182. The van der Waals surface area contributed by atoms with Crippen molar-refractivity contribution in [3.8, 4) is 17.2 Å². The van der Waals surface area contributed by atoms with Gasteiger partial charge in [0.05, 0.1) is 20.6 Å². The summed E-state index contributed by atoms with van der Waals surface area (Å²) in [5.41, 5.74) is 0.321. The largest absolute Gasteiger partial charge is 0.497 e. The van der Waals surface area contributed by atoms with E-state index in [-0.39, 0.29) is 18.6 Å². The average Bonchev–Trinajstić information content (AvgIpc) is 3.42. The lowest BCUT2D eigenvalue weighted by molar-refractivity contribution is -0.136. The van der Waals surface area contributed by atoms with Crippen LogP contribution in [0.1, 0.15) is 53.6 Å². The van der Waals surface area contributed by atoms with Crippen molar-refractivity contribution in [3.05, 3.63) is 70.4 Å². The predicted molar refractivity (Wildman–Crippen MR) is 146 cm³/mol. The molecule has 2 N–H and O–H groups in total. The minimum absolute atomic E-state index is 0.0474. The fourth-order valence-electron chi connectivity index (χ4n) is 2.93. The number of methoxy groups -OCH3 is 2. The first-order valence-corrected chi connectivity index (χ1v) is 12.6. The molecule has 39 heavy (non-hydrogen) atoms. The number of aliphatic carboxylic acids is 1. The van der Waals surface area contributed by atoms with Crippen molar-refractivity contribution in [2.45, 2.75) is 39.2 Å². The molecule has 2 aromatic carbocycles. The molecule has 1 aromatic heterocycles. The molecular formula is C28H31NO9S. The first-order valence-electron chi connectivity index (χ1n) is 11.7. The first-order chi connectivity index (χ1) is 18.4. The zero-order chi connectivity index (χ0) is 29.0. The molecule has 208 valence electrons. The van der Waals surface area contributed by atoms with Gasteiger partial charge in [0, 0.05) is 23.7 Å². The third-order valence-electron chi connectivity index (χ3n) is 4.71. The van der Waals surface area contributed by atoms with Crippen molar-refractivity contribution >= 4 is 40.8 Å². The molecule has 0 atom stereocenters. The molecule has 1 amide bonds. The van der Waals surface area contributed by atoms with Crippen molar-refractivity contribution in [1.29, 1.82) is 0 Å². The van der Waals surface area contributed by atoms with Gasteiger partial charge >= 0.3 is 18.0 Å². The van der Waals surface area contributed by atoms with Crippen molar-refractivity contribution in [2.24, 2.45) is 0 Å². The molecule has 0 radical (unpaired) electrons. The maximum Gasteiger partial charge on any atom is 0.412 e. The zero-order valence-corrected chi connectivity index (χ0v) is 23.1. The van der Waals surface area contributed by atoms with Gasteiger partial charge < -0.3 is 24.1 Å². The Kier molecular flexibility index (Phi) is 11.5. The summed E-state index contributed by atoms with van der Waals surface area (Å²) in [6.07, 6.45) is -0.822. The molecule has 3 rings (SSSR count). The smallest absolute Gasteiger partial charge is 0.412 e. The Hall–Kier alpha value is -4.38. The molecule has 0 saturated heterocycles. The van der Waals surface area contributed by atoms with E-state index in [1.54, 1.807) is 70.3 Å². The molecule has 0 bridgehead atoms. The molecule has 0 spiro atoms. The van der Waals surface area contributed by atoms with E-state index in [1.165, 1.54) is 30.6 Å². The van der Waals surface area contributed by atoms with Crippen LogP contribution in [0.5, 0.6) is 17.2 Å². The number of hydrogen-bond acceptors (Lipinski definition) is 9. The normalized spacial score (nSPS) is 10.4. The van der Waals surface area contributed by atoms with Crippen LogP contribution in [0.2, 0.25) is 0 Å². The van der Waals surface area contributed by atoms with Crippen molar-refractivity contribution < 1.29 is 43.2 Å². The Balaban J connectivity index is 0.000000276. The monoisotopic (exact) mass is 557 g/mol. The highest BCUT2D eigenvalue weighted by Gasteiger charge is 2.17. The lowest BCUT2D eigenvalue weighted by Crippen LogP contribution is -2.27. The van der Waals surface area contributed by atoms with Gasteiger partial charge in [0.2, 0.25) is 0 Å². The Bertz CT molecular complexity index is 1260. The van der Waals surface area contributed by atoms with Crippen LogP contribution in [0.4, 0.5) is 10.5 Å². The van der Waals surface area contributed by atoms with Gasteiger partial charge in [0.1, 0.15) is 16.2 Å². The van der Waals surface area contributed by atoms with Crippen molar-refractivity contribution in [3.63, 3.8) is 0 Å². The van der Waals surface area contributed by atoms with Crippen LogP contribution in [-0.4, -0.2) is 48.7 Å². The molecule has 11 heteroatoms. The number of anilines is 1.